The molecular formula is C26H20Cl2N3NaO6S. The Morgan fingerprint density at radius 1 is 1.08 bits per heavy atom. The van der Waals surface area contributed by atoms with E-state index in [2.05, 4.69) is 15.5 Å². The van der Waals surface area contributed by atoms with Gasteiger partial charge in [0.05, 0.1) is 23.0 Å². The van der Waals surface area contributed by atoms with Gasteiger partial charge in [-0.25, -0.2) is 0 Å². The molecule has 13 heteroatoms. The van der Waals surface area contributed by atoms with Crippen LogP contribution in [0.4, 0.5) is 17.1 Å². The van der Waals surface area contributed by atoms with E-state index in [-0.39, 0.29) is 62.8 Å². The van der Waals surface area contributed by atoms with Gasteiger partial charge in [0.2, 0.25) is 0 Å². The van der Waals surface area contributed by atoms with Crippen LogP contribution in [0.2, 0.25) is 10.0 Å². The van der Waals surface area contributed by atoms with Gasteiger partial charge in [0.15, 0.2) is 0 Å². The van der Waals surface area contributed by atoms with Crippen LogP contribution in [0.25, 0.3) is 10.8 Å². The Balaban J connectivity index is 0.00000420. The van der Waals surface area contributed by atoms with Crippen LogP contribution in [0.3, 0.4) is 0 Å². The molecular weight excluding hydrogens is 576 g/mol. The van der Waals surface area contributed by atoms with Gasteiger partial charge in [-0.15, -0.1) is 5.11 Å². The van der Waals surface area contributed by atoms with Gasteiger partial charge in [-0.3, -0.25) is 9.35 Å². The quantitative estimate of drug-likeness (QED) is 0.189. The molecule has 0 aliphatic heterocycles. The number of carbonyl (C=O) groups excluding carboxylic acids is 1. The number of nitrogens with zero attached hydrogens (tertiary/aromatic N) is 2. The number of azo groups is 1. The zero-order valence-corrected chi connectivity index (χ0v) is 25.4. The van der Waals surface area contributed by atoms with Gasteiger partial charge in [0, 0.05) is 16.0 Å². The Kier molecular flexibility index (Phi) is 10.0. The van der Waals surface area contributed by atoms with E-state index in [0.29, 0.717) is 28.2 Å². The molecule has 4 rings (SSSR count). The van der Waals surface area contributed by atoms with Gasteiger partial charge in [0.1, 0.15) is 16.3 Å². The molecule has 39 heavy (non-hydrogen) atoms. The van der Waals surface area contributed by atoms with Crippen molar-refractivity contribution in [3.63, 3.8) is 0 Å². The maximum Gasteiger partial charge on any atom is 1.00 e. The summed E-state index contributed by atoms with van der Waals surface area (Å²) in [6.07, 6.45) is 0. The van der Waals surface area contributed by atoms with Crippen LogP contribution < -0.4 is 44.7 Å². The first-order valence-corrected chi connectivity index (χ1v) is 13.4. The van der Waals surface area contributed by atoms with E-state index in [1.54, 1.807) is 43.3 Å². The topological polar surface area (TPSA) is 140 Å². The molecule has 0 saturated carbocycles. The van der Waals surface area contributed by atoms with Crippen molar-refractivity contribution in [3.05, 3.63) is 81.8 Å². The molecule has 196 valence electrons. The fourth-order valence-corrected chi connectivity index (χ4v) is 5.31. The van der Waals surface area contributed by atoms with Crippen molar-refractivity contribution in [2.24, 2.45) is 10.2 Å². The number of aryl methyl sites for hydroxylation is 1. The molecule has 0 aliphatic rings. The number of halogens is 2. The van der Waals surface area contributed by atoms with Gasteiger partial charge in [-0.05, 0) is 55.1 Å². The van der Waals surface area contributed by atoms with Crippen LogP contribution in [0, 0.1) is 6.92 Å². The van der Waals surface area contributed by atoms with E-state index in [1.807, 2.05) is 0 Å². The van der Waals surface area contributed by atoms with Crippen molar-refractivity contribution in [1.29, 1.82) is 0 Å². The maximum absolute atomic E-state index is 13.4. The fourth-order valence-electron chi connectivity index (χ4n) is 3.79. The van der Waals surface area contributed by atoms with E-state index in [1.165, 1.54) is 31.2 Å². The van der Waals surface area contributed by atoms with Crippen molar-refractivity contribution < 1.29 is 57.2 Å². The fraction of sp³-hybridized carbons (Fsp3) is 0.115. The SMILES string of the molecule is CCOc1ccc(Cl)cc1NC(=O)c1cc2ccccc2c(N=Nc2ccc(C)c(S(=O)(=O)O)c2Cl)c1[O-].[Na+]. The van der Waals surface area contributed by atoms with Crippen LogP contribution in [0.5, 0.6) is 11.5 Å². The number of hydrogen-bond donors (Lipinski definition) is 2. The van der Waals surface area contributed by atoms with Crippen molar-refractivity contribution in [3.8, 4) is 11.5 Å². The van der Waals surface area contributed by atoms with Crippen molar-refractivity contribution >= 4 is 67.1 Å². The summed E-state index contributed by atoms with van der Waals surface area (Å²) in [6, 6.07) is 15.7. The minimum Gasteiger partial charge on any atom is -0.870 e. The number of ether oxygens (including phenoxy) is 1. The van der Waals surface area contributed by atoms with Crippen LogP contribution >= 0.6 is 23.2 Å². The first kappa shape index (κ1) is 30.8. The molecule has 0 aromatic heterocycles. The van der Waals surface area contributed by atoms with E-state index < -0.39 is 26.7 Å². The van der Waals surface area contributed by atoms with E-state index in [0.717, 1.165) is 0 Å². The van der Waals surface area contributed by atoms with Crippen molar-refractivity contribution in [1.82, 2.24) is 0 Å². The second kappa shape index (κ2) is 12.6. The maximum atomic E-state index is 13.4. The number of benzene rings is 4. The standard InChI is InChI=1S/C26H21Cl2N3O6S.Na/c1-3-37-21-11-9-16(27)13-20(21)29-26(33)18-12-15-6-4-5-7-17(15)23(24(18)32)31-30-19-10-8-14(2)25(22(19)28)38(34,35)36;/h4-13,32H,3H2,1-2H3,(H,29,33)(H,34,35,36);/q;+1/p-1. The smallest absolute Gasteiger partial charge is 0.870 e. The third-order valence-electron chi connectivity index (χ3n) is 5.50. The number of fused-ring (bicyclic) bond motifs is 1. The molecule has 2 N–H and O–H groups in total. The Labute approximate surface area is 256 Å². The summed E-state index contributed by atoms with van der Waals surface area (Å²) in [6.45, 7) is 3.59. The number of anilines is 1. The predicted molar refractivity (Wildman–Crippen MR) is 144 cm³/mol. The van der Waals surface area contributed by atoms with E-state index >= 15 is 0 Å². The molecule has 0 unspecified atom stereocenters. The number of hydrogen-bond acceptors (Lipinski definition) is 7. The zero-order valence-electron chi connectivity index (χ0n) is 21.0. The number of amides is 1. The van der Waals surface area contributed by atoms with Crippen LogP contribution in [0.1, 0.15) is 22.8 Å². The van der Waals surface area contributed by atoms with Gasteiger partial charge in [-0.1, -0.05) is 59.3 Å². The van der Waals surface area contributed by atoms with Crippen LogP contribution in [-0.4, -0.2) is 25.5 Å². The van der Waals surface area contributed by atoms with Gasteiger partial charge >= 0.3 is 29.6 Å². The molecule has 0 radical (unpaired) electrons. The summed E-state index contributed by atoms with van der Waals surface area (Å²) in [5.74, 6) is -1.06. The summed E-state index contributed by atoms with van der Waals surface area (Å²) >= 11 is 12.3. The van der Waals surface area contributed by atoms with Crippen LogP contribution in [0.15, 0.2) is 75.8 Å². The molecule has 9 nitrogen and oxygen atoms in total. The molecule has 0 atom stereocenters. The van der Waals surface area contributed by atoms with Gasteiger partial charge in [-0.2, -0.15) is 13.5 Å². The van der Waals surface area contributed by atoms with Crippen LogP contribution in [-0.2, 0) is 10.1 Å². The molecule has 4 aromatic carbocycles. The number of carbonyl (C=O) groups is 1. The van der Waals surface area contributed by atoms with Crippen molar-refractivity contribution in [2.45, 2.75) is 18.7 Å². The summed E-state index contributed by atoms with van der Waals surface area (Å²) in [7, 11) is -4.64. The minimum atomic E-state index is -4.64. The Morgan fingerprint density at radius 2 is 1.79 bits per heavy atom. The average Bonchev–Trinajstić information content (AvgIpc) is 2.85. The third kappa shape index (κ3) is 6.72. The Hall–Kier alpha value is -2.70. The van der Waals surface area contributed by atoms with Gasteiger partial charge in [0.25, 0.3) is 16.0 Å². The first-order chi connectivity index (χ1) is 18.0. The number of nitrogens with one attached hydrogen (secondary N) is 1. The molecule has 0 bridgehead atoms. The molecule has 0 aliphatic carbocycles. The first-order valence-electron chi connectivity index (χ1n) is 11.2. The summed E-state index contributed by atoms with van der Waals surface area (Å²) in [5.41, 5.74) is 0.0217. The van der Waals surface area contributed by atoms with Gasteiger partial charge < -0.3 is 15.2 Å². The van der Waals surface area contributed by atoms with E-state index in [9.17, 15) is 22.9 Å². The minimum absolute atomic E-state index is 0. The van der Waals surface area contributed by atoms with Crippen molar-refractivity contribution in [2.75, 3.05) is 11.9 Å². The molecule has 0 fully saturated rings. The number of rotatable bonds is 7. The summed E-state index contributed by atoms with van der Waals surface area (Å²) in [5, 5.41) is 25.1. The normalized spacial score (nSPS) is 11.4. The molecule has 0 spiro atoms. The monoisotopic (exact) mass is 595 g/mol. The second-order valence-corrected chi connectivity index (χ2v) is 10.2. The largest absolute Gasteiger partial charge is 1.00 e. The molecule has 1 amide bonds. The third-order valence-corrected chi connectivity index (χ3v) is 7.27. The predicted octanol–water partition coefficient (Wildman–Crippen LogP) is 3.85. The molecule has 0 saturated heterocycles. The second-order valence-electron chi connectivity index (χ2n) is 8.07. The average molecular weight is 596 g/mol. The molecule has 0 heterocycles. The summed E-state index contributed by atoms with van der Waals surface area (Å²) in [4.78, 5) is 12.7. The van der Waals surface area contributed by atoms with E-state index in [4.69, 9.17) is 27.9 Å². The molecule has 4 aromatic rings. The Morgan fingerprint density at radius 3 is 2.49 bits per heavy atom. The summed E-state index contributed by atoms with van der Waals surface area (Å²) < 4.78 is 38.6. The zero-order chi connectivity index (χ0) is 27.6. The Bertz CT molecular complexity index is 1710.